The first-order valence-electron chi connectivity index (χ1n) is 0.698. The van der Waals surface area contributed by atoms with Gasteiger partial charge in [-0.25, -0.2) is 0 Å². The summed E-state index contributed by atoms with van der Waals surface area (Å²) in [6, 6.07) is 0. The molecule has 6 nitrogen and oxygen atoms in total. The van der Waals surface area contributed by atoms with E-state index in [1.807, 2.05) is 0 Å². The topological polar surface area (TPSA) is 145 Å². The minimum atomic E-state index is -5.52. The quantitative estimate of drug-likeness (QED) is 0.364. The summed E-state index contributed by atoms with van der Waals surface area (Å²) >= 11 is -5.52. The molecule has 7 heavy (non-hydrogen) atoms. The Morgan fingerprint density at radius 2 is 1.00 bits per heavy atom. The summed E-state index contributed by atoms with van der Waals surface area (Å²) in [7, 11) is 0. The van der Waals surface area contributed by atoms with Crippen molar-refractivity contribution >= 4 is 0 Å². The molecule has 0 bridgehead atoms. The standard InChI is InChI=1S/Mo.2H3N.2H2O.2O/h;2*1H3;2*1H2;;/q+2;;;;;;/p-2. The van der Waals surface area contributed by atoms with E-state index in [1.165, 1.54) is 0 Å². The zero-order chi connectivity index (χ0) is 4.50. The molecule has 0 aromatic rings. The van der Waals surface area contributed by atoms with E-state index < -0.39 is 16.7 Å². The summed E-state index contributed by atoms with van der Waals surface area (Å²) in [4.78, 5) is 0. The van der Waals surface area contributed by atoms with E-state index in [0.717, 1.165) is 0 Å². The van der Waals surface area contributed by atoms with Crippen LogP contribution in [0.15, 0.2) is 0 Å². The molecule has 0 aromatic heterocycles. The van der Waals surface area contributed by atoms with E-state index >= 15 is 0 Å². The first kappa shape index (κ1) is 15.7. The van der Waals surface area contributed by atoms with Gasteiger partial charge in [-0.05, 0) is 0 Å². The van der Waals surface area contributed by atoms with E-state index in [2.05, 4.69) is 0 Å². The minimum absolute atomic E-state index is 0. The van der Waals surface area contributed by atoms with Crippen molar-refractivity contribution in [3.05, 3.63) is 0 Å². The van der Waals surface area contributed by atoms with E-state index in [-0.39, 0.29) is 12.3 Å². The van der Waals surface area contributed by atoms with Gasteiger partial charge in [0.15, 0.2) is 0 Å². The molecular weight excluding hydrogens is 188 g/mol. The van der Waals surface area contributed by atoms with Crippen molar-refractivity contribution in [2.45, 2.75) is 0 Å². The summed E-state index contributed by atoms with van der Waals surface area (Å²) in [6.45, 7) is 0. The van der Waals surface area contributed by atoms with Crippen molar-refractivity contribution in [1.82, 2.24) is 12.3 Å². The molecule has 0 fully saturated rings. The van der Waals surface area contributed by atoms with Gasteiger partial charge in [0, 0.05) is 0 Å². The van der Waals surface area contributed by atoms with Crippen LogP contribution in [0.4, 0.5) is 0 Å². The van der Waals surface area contributed by atoms with Crippen LogP contribution in [-0.4, -0.2) is 7.52 Å². The van der Waals surface area contributed by atoms with Crippen LogP contribution >= 0.6 is 0 Å². The van der Waals surface area contributed by atoms with Gasteiger partial charge in [-0.3, -0.25) is 0 Å². The molecule has 0 amide bonds. The van der Waals surface area contributed by atoms with Crippen molar-refractivity contribution in [3.8, 4) is 0 Å². The Morgan fingerprint density at radius 3 is 1.00 bits per heavy atom. The second-order valence-electron chi connectivity index (χ2n) is 0.448. The molecule has 0 radical (unpaired) electrons. The molecule has 0 rings (SSSR count). The van der Waals surface area contributed by atoms with Crippen LogP contribution in [0.5, 0.6) is 0 Å². The first-order valence-corrected chi connectivity index (χ1v) is 4.13. The van der Waals surface area contributed by atoms with Crippen molar-refractivity contribution in [1.29, 1.82) is 0 Å². The summed E-state index contributed by atoms with van der Waals surface area (Å²) < 4.78 is 32.0. The van der Waals surface area contributed by atoms with Crippen LogP contribution in [0.25, 0.3) is 0 Å². The van der Waals surface area contributed by atoms with Crippen molar-refractivity contribution < 1.29 is 31.1 Å². The average Bonchev–Trinajstić information content (AvgIpc) is 0.722. The van der Waals surface area contributed by atoms with Crippen LogP contribution < -0.4 is 12.3 Å². The monoisotopic (exact) mass is 198 g/mol. The third-order valence-electron chi connectivity index (χ3n) is 0. The van der Waals surface area contributed by atoms with Crippen molar-refractivity contribution in [3.63, 3.8) is 0 Å². The molecule has 0 aromatic carbocycles. The maximum absolute atomic E-state index is 8.85. The molecule has 48 valence electrons. The van der Waals surface area contributed by atoms with E-state index in [0.29, 0.717) is 0 Å². The normalized spacial score (nSPS) is 8.29. The predicted octanol–water partition coefficient (Wildman–Crippen LogP) is -1.03. The van der Waals surface area contributed by atoms with E-state index in [4.69, 9.17) is 14.3 Å². The van der Waals surface area contributed by atoms with E-state index in [9.17, 15) is 0 Å². The Hall–Kier alpha value is 0.128. The molecule has 0 saturated carbocycles. The van der Waals surface area contributed by atoms with Crippen LogP contribution in [-0.2, 0) is 23.5 Å². The molecule has 7 heteroatoms. The number of rotatable bonds is 0. The van der Waals surface area contributed by atoms with Gasteiger partial charge in [-0.1, -0.05) is 0 Å². The SMILES string of the molecule is N.N.[O]=[Mo](=[O])([OH])[OH]. The molecule has 0 unspecified atom stereocenters. The molecule has 0 atom stereocenters. The fourth-order valence-electron chi connectivity index (χ4n) is 0. The van der Waals surface area contributed by atoms with Crippen molar-refractivity contribution in [2.75, 3.05) is 0 Å². The number of hydrogen-bond acceptors (Lipinski definition) is 4. The zero-order valence-electron chi connectivity index (χ0n) is 3.53. The molecule has 0 aliphatic carbocycles. The second-order valence-corrected chi connectivity index (χ2v) is 2.65. The fourth-order valence-corrected chi connectivity index (χ4v) is 0. The Balaban J connectivity index is -0.0000000800. The van der Waals surface area contributed by atoms with Gasteiger partial charge in [0.1, 0.15) is 0 Å². The zero-order valence-corrected chi connectivity index (χ0v) is 5.54. The van der Waals surface area contributed by atoms with Gasteiger partial charge in [-0.15, -0.1) is 0 Å². The molecule has 0 aliphatic heterocycles. The van der Waals surface area contributed by atoms with E-state index in [1.54, 1.807) is 0 Å². The Bertz CT molecular complexity index is 92.9. The predicted molar refractivity (Wildman–Crippen MR) is 15.9 cm³/mol. The summed E-state index contributed by atoms with van der Waals surface area (Å²) in [5.41, 5.74) is 0. The fraction of sp³-hybridized carbons (Fsp3) is 0. The molecule has 0 spiro atoms. The third-order valence-corrected chi connectivity index (χ3v) is 0. The van der Waals surface area contributed by atoms with Crippen LogP contribution in [0.2, 0.25) is 0 Å². The van der Waals surface area contributed by atoms with Gasteiger partial charge < -0.3 is 12.3 Å². The molecule has 0 aliphatic rings. The molecule has 8 N–H and O–H groups in total. The maximum atomic E-state index is 8.85. The molecule has 0 saturated heterocycles. The van der Waals surface area contributed by atoms with Gasteiger partial charge >= 0.3 is 31.1 Å². The van der Waals surface area contributed by atoms with Gasteiger partial charge in [-0.2, -0.15) is 0 Å². The third kappa shape index (κ3) is 6340. The molecule has 0 heterocycles. The summed E-state index contributed by atoms with van der Waals surface area (Å²) in [5.74, 6) is 0. The first-order chi connectivity index (χ1) is 2.00. The average molecular weight is 196 g/mol. The summed E-state index contributed by atoms with van der Waals surface area (Å²) in [5, 5.41) is 0. The van der Waals surface area contributed by atoms with Crippen LogP contribution in [0, 0.1) is 0 Å². The van der Waals surface area contributed by atoms with Crippen LogP contribution in [0.1, 0.15) is 0 Å². The van der Waals surface area contributed by atoms with Crippen molar-refractivity contribution in [2.24, 2.45) is 0 Å². The number of hydrogen-bond donors (Lipinski definition) is 4. The van der Waals surface area contributed by atoms with Gasteiger partial charge in [0.25, 0.3) is 0 Å². The Kier molecular flexibility index (Phi) is 9.63. The van der Waals surface area contributed by atoms with Gasteiger partial charge in [0.05, 0.1) is 0 Å². The summed E-state index contributed by atoms with van der Waals surface area (Å²) in [6.07, 6.45) is 0. The Morgan fingerprint density at radius 1 is 1.00 bits per heavy atom. The second kappa shape index (κ2) is 4.29. The van der Waals surface area contributed by atoms with Gasteiger partial charge in [0.2, 0.25) is 0 Å². The molecular formula is H8MoN2O4. The van der Waals surface area contributed by atoms with Crippen LogP contribution in [0.3, 0.4) is 0 Å². The Labute approximate surface area is 44.0 Å².